The number of hydrogen-bond donors (Lipinski definition) is 3. The molecule has 158 valence electrons. The molecular formula is C23H28N3O4+. The zero-order chi connectivity index (χ0) is 21.5. The molecule has 7 heteroatoms. The second-order valence-electron chi connectivity index (χ2n) is 7.71. The Balaban J connectivity index is 1.42. The van der Waals surface area contributed by atoms with Crippen LogP contribution in [0.5, 0.6) is 0 Å². The highest BCUT2D eigenvalue weighted by molar-refractivity contribution is 6.02. The summed E-state index contributed by atoms with van der Waals surface area (Å²) in [5.41, 5.74) is 4.26. The number of urea groups is 1. The Bertz CT molecular complexity index is 919. The van der Waals surface area contributed by atoms with E-state index < -0.39 is 24.5 Å². The van der Waals surface area contributed by atoms with Crippen LogP contribution < -0.4 is 15.5 Å². The van der Waals surface area contributed by atoms with Crippen LogP contribution >= 0.6 is 0 Å². The minimum atomic E-state index is -0.695. The second kappa shape index (κ2) is 10.0. The lowest BCUT2D eigenvalue weighted by Gasteiger charge is -2.12. The number of carbonyl (C=O) groups excluding carboxylic acids is 3. The molecule has 0 bridgehead atoms. The topological polar surface area (TPSA) is 88.9 Å². The van der Waals surface area contributed by atoms with Crippen molar-refractivity contribution in [2.24, 2.45) is 0 Å². The fraction of sp³-hybridized carbons (Fsp3) is 0.348. The minimum Gasteiger partial charge on any atom is -0.452 e. The standard InChI is InChI=1S/C23H27N3O4/c1-16-5-10-20(13-17(16)2)24-23(29)25-21(27)15-30-22(28)19-8-6-18(7-9-19)14-26-11-3-4-12-26/h5-10,13H,3-4,11-12,14-15H2,1-2H3,(H2,24,25,27,29)/p+1. The lowest BCUT2D eigenvalue weighted by Crippen LogP contribution is -3.08. The fourth-order valence-electron chi connectivity index (χ4n) is 3.46. The molecule has 3 N–H and O–H groups in total. The predicted molar refractivity (Wildman–Crippen MR) is 113 cm³/mol. The smallest absolute Gasteiger partial charge is 0.338 e. The van der Waals surface area contributed by atoms with Gasteiger partial charge in [0.1, 0.15) is 6.54 Å². The van der Waals surface area contributed by atoms with E-state index in [9.17, 15) is 14.4 Å². The molecule has 7 nitrogen and oxygen atoms in total. The molecule has 1 heterocycles. The molecule has 0 atom stereocenters. The molecule has 0 spiro atoms. The van der Waals surface area contributed by atoms with Crippen molar-refractivity contribution in [3.8, 4) is 0 Å². The van der Waals surface area contributed by atoms with Gasteiger partial charge in [-0.25, -0.2) is 9.59 Å². The predicted octanol–water partition coefficient (Wildman–Crippen LogP) is 1.99. The minimum absolute atomic E-state index is 0.377. The third kappa shape index (κ3) is 6.15. The highest BCUT2D eigenvalue weighted by Gasteiger charge is 2.16. The molecule has 0 unspecified atom stereocenters. The number of quaternary nitrogens is 1. The first kappa shape index (κ1) is 21.5. The van der Waals surface area contributed by atoms with Gasteiger partial charge in [0.15, 0.2) is 6.61 Å². The van der Waals surface area contributed by atoms with Crippen molar-refractivity contribution >= 4 is 23.6 Å². The summed E-state index contributed by atoms with van der Waals surface area (Å²) < 4.78 is 5.01. The summed E-state index contributed by atoms with van der Waals surface area (Å²) in [6.07, 6.45) is 2.54. The number of esters is 1. The number of carbonyl (C=O) groups is 3. The Hall–Kier alpha value is -3.19. The van der Waals surface area contributed by atoms with Crippen LogP contribution in [-0.4, -0.2) is 37.6 Å². The van der Waals surface area contributed by atoms with Crippen LogP contribution in [0.15, 0.2) is 42.5 Å². The van der Waals surface area contributed by atoms with E-state index in [4.69, 9.17) is 4.74 Å². The normalized spacial score (nSPS) is 13.7. The van der Waals surface area contributed by atoms with Crippen LogP contribution in [0.2, 0.25) is 0 Å². The van der Waals surface area contributed by atoms with Gasteiger partial charge in [0.05, 0.1) is 18.7 Å². The number of likely N-dealkylation sites (tertiary alicyclic amines) is 1. The number of anilines is 1. The molecule has 3 amide bonds. The number of aryl methyl sites for hydroxylation is 2. The van der Waals surface area contributed by atoms with E-state index in [2.05, 4.69) is 10.6 Å². The molecule has 0 aromatic heterocycles. The van der Waals surface area contributed by atoms with Gasteiger partial charge >= 0.3 is 12.0 Å². The van der Waals surface area contributed by atoms with E-state index in [1.54, 1.807) is 23.1 Å². The Morgan fingerprint density at radius 2 is 1.67 bits per heavy atom. The summed E-state index contributed by atoms with van der Waals surface area (Å²) in [4.78, 5) is 37.5. The van der Waals surface area contributed by atoms with Gasteiger partial charge in [-0.05, 0) is 49.2 Å². The number of imide groups is 1. The summed E-state index contributed by atoms with van der Waals surface area (Å²) in [5, 5.41) is 4.73. The Morgan fingerprint density at radius 3 is 2.33 bits per heavy atom. The molecule has 3 rings (SSSR count). The van der Waals surface area contributed by atoms with Crippen LogP contribution in [0.3, 0.4) is 0 Å². The first-order chi connectivity index (χ1) is 14.4. The second-order valence-corrected chi connectivity index (χ2v) is 7.71. The zero-order valence-corrected chi connectivity index (χ0v) is 17.4. The van der Waals surface area contributed by atoms with Crippen LogP contribution in [-0.2, 0) is 16.1 Å². The highest BCUT2D eigenvalue weighted by Crippen LogP contribution is 2.13. The highest BCUT2D eigenvalue weighted by atomic mass is 16.5. The number of hydrogen-bond acceptors (Lipinski definition) is 4. The van der Waals surface area contributed by atoms with Crippen molar-refractivity contribution in [2.45, 2.75) is 33.2 Å². The van der Waals surface area contributed by atoms with Crippen molar-refractivity contribution < 1.29 is 24.0 Å². The van der Waals surface area contributed by atoms with Crippen LogP contribution in [0.25, 0.3) is 0 Å². The Kier molecular flexibility index (Phi) is 7.19. The lowest BCUT2D eigenvalue weighted by molar-refractivity contribution is -0.901. The first-order valence-electron chi connectivity index (χ1n) is 10.2. The van der Waals surface area contributed by atoms with Crippen molar-refractivity contribution in [3.05, 3.63) is 64.7 Å². The third-order valence-electron chi connectivity index (χ3n) is 5.31. The number of ether oxygens (including phenoxy) is 1. The van der Waals surface area contributed by atoms with Gasteiger partial charge in [0, 0.05) is 24.1 Å². The van der Waals surface area contributed by atoms with Gasteiger partial charge in [0.2, 0.25) is 0 Å². The van der Waals surface area contributed by atoms with E-state index in [0.717, 1.165) is 17.7 Å². The summed E-state index contributed by atoms with van der Waals surface area (Å²) >= 11 is 0. The summed E-state index contributed by atoms with van der Waals surface area (Å²) in [6, 6.07) is 12.0. The van der Waals surface area contributed by atoms with Crippen molar-refractivity contribution in [1.82, 2.24) is 5.32 Å². The summed E-state index contributed by atoms with van der Waals surface area (Å²) in [5.74, 6) is -1.29. The maximum Gasteiger partial charge on any atom is 0.338 e. The molecule has 0 radical (unpaired) electrons. The van der Waals surface area contributed by atoms with E-state index in [1.807, 2.05) is 38.1 Å². The maximum atomic E-state index is 12.1. The molecular weight excluding hydrogens is 382 g/mol. The van der Waals surface area contributed by atoms with Crippen LogP contribution in [0.1, 0.15) is 39.9 Å². The molecule has 0 saturated carbocycles. The quantitative estimate of drug-likeness (QED) is 0.636. The largest absolute Gasteiger partial charge is 0.452 e. The van der Waals surface area contributed by atoms with Crippen LogP contribution in [0.4, 0.5) is 10.5 Å². The number of nitrogens with one attached hydrogen (secondary N) is 3. The van der Waals surface area contributed by atoms with Gasteiger partial charge in [0.25, 0.3) is 5.91 Å². The first-order valence-corrected chi connectivity index (χ1v) is 10.2. The van der Waals surface area contributed by atoms with E-state index in [-0.39, 0.29) is 0 Å². The average Bonchev–Trinajstić information content (AvgIpc) is 3.22. The monoisotopic (exact) mass is 410 g/mol. The van der Waals surface area contributed by atoms with Crippen molar-refractivity contribution in [1.29, 1.82) is 0 Å². The average molecular weight is 410 g/mol. The number of rotatable bonds is 6. The maximum absolute atomic E-state index is 12.1. The number of amides is 3. The Morgan fingerprint density at radius 1 is 0.967 bits per heavy atom. The summed E-state index contributed by atoms with van der Waals surface area (Å²) in [7, 11) is 0. The zero-order valence-electron chi connectivity index (χ0n) is 17.4. The molecule has 2 aromatic carbocycles. The molecule has 1 fully saturated rings. The number of benzene rings is 2. The molecule has 0 aliphatic carbocycles. The van der Waals surface area contributed by atoms with E-state index >= 15 is 0 Å². The van der Waals surface area contributed by atoms with Gasteiger partial charge in [-0.1, -0.05) is 18.2 Å². The lowest BCUT2D eigenvalue weighted by atomic mass is 10.1. The van der Waals surface area contributed by atoms with E-state index in [1.165, 1.54) is 31.5 Å². The molecule has 1 saturated heterocycles. The van der Waals surface area contributed by atoms with Gasteiger partial charge in [-0.15, -0.1) is 0 Å². The van der Waals surface area contributed by atoms with Gasteiger partial charge < -0.3 is 15.0 Å². The van der Waals surface area contributed by atoms with Crippen molar-refractivity contribution in [3.63, 3.8) is 0 Å². The Labute approximate surface area is 176 Å². The van der Waals surface area contributed by atoms with Gasteiger partial charge in [-0.3, -0.25) is 10.1 Å². The van der Waals surface area contributed by atoms with E-state index in [0.29, 0.717) is 11.3 Å². The van der Waals surface area contributed by atoms with Crippen LogP contribution in [0, 0.1) is 13.8 Å². The molecule has 30 heavy (non-hydrogen) atoms. The molecule has 1 aliphatic rings. The third-order valence-corrected chi connectivity index (χ3v) is 5.31. The van der Waals surface area contributed by atoms with Gasteiger partial charge in [-0.2, -0.15) is 0 Å². The molecule has 1 aliphatic heterocycles. The SMILES string of the molecule is Cc1ccc(NC(=O)NC(=O)COC(=O)c2ccc(C[NH+]3CCCC3)cc2)cc1C. The van der Waals surface area contributed by atoms with Crippen molar-refractivity contribution in [2.75, 3.05) is 25.0 Å². The summed E-state index contributed by atoms with van der Waals surface area (Å²) in [6.45, 7) is 6.71. The fourth-order valence-corrected chi connectivity index (χ4v) is 3.46. The molecule has 2 aromatic rings.